The Labute approximate surface area is 42.5 Å². The van der Waals surface area contributed by atoms with Crippen LogP contribution in [-0.2, 0) is 4.79 Å². The van der Waals surface area contributed by atoms with Gasteiger partial charge in [0.2, 0.25) is 0 Å². The second-order valence-electron chi connectivity index (χ2n) is 1.52. The summed E-state index contributed by atoms with van der Waals surface area (Å²) in [5.41, 5.74) is 0. The first-order chi connectivity index (χ1) is 3.27. The second kappa shape index (κ2) is 3.78. The minimum absolute atomic E-state index is 0.345. The van der Waals surface area contributed by atoms with E-state index in [4.69, 9.17) is 0 Å². The molecule has 0 radical (unpaired) electrons. The smallest absolute Gasteiger partial charge is 0.120 e. The molecule has 0 aromatic rings. The minimum Gasteiger partial charge on any atom is -0.303 e. The molecule has 0 rings (SSSR count). The lowest BCUT2D eigenvalue weighted by atomic mass is 10.2. The molecule has 0 fully saturated rings. The number of hydrogen-bond acceptors (Lipinski definition) is 1. The summed E-state index contributed by atoms with van der Waals surface area (Å²) in [6.07, 6.45) is 0.613. The van der Waals surface area contributed by atoms with Crippen LogP contribution in [0.3, 0.4) is 0 Å². The van der Waals surface area contributed by atoms with Crippen LogP contribution in [0.4, 0.5) is 4.39 Å². The Morgan fingerprint density at radius 2 is 2.43 bits per heavy atom. The van der Waals surface area contributed by atoms with Crippen molar-refractivity contribution in [2.75, 3.05) is 0 Å². The van der Waals surface area contributed by atoms with E-state index in [1.165, 1.54) is 6.92 Å². The molecule has 0 aliphatic carbocycles. The third-order valence-electron chi connectivity index (χ3n) is 0.682. The largest absolute Gasteiger partial charge is 0.303 e. The molecule has 0 aromatic heterocycles. The van der Waals surface area contributed by atoms with Crippen molar-refractivity contribution in [3.8, 4) is 0 Å². The summed E-state index contributed by atoms with van der Waals surface area (Å²) in [5, 5.41) is 0. The van der Waals surface area contributed by atoms with E-state index in [-0.39, 0.29) is 0 Å². The predicted octanol–water partition coefficient (Wildman–Crippen LogP) is 1.32. The van der Waals surface area contributed by atoms with Crippen LogP contribution < -0.4 is 0 Å². The van der Waals surface area contributed by atoms with Gasteiger partial charge in [0.15, 0.2) is 0 Å². The normalized spacial score (nSPS) is 13.4. The third kappa shape index (κ3) is 5.60. The zero-order valence-electron chi connectivity index (χ0n) is 4.36. The molecule has 1 nitrogen and oxygen atoms in total. The predicted molar refractivity (Wildman–Crippen MR) is 25.9 cm³/mol. The van der Waals surface area contributed by atoms with E-state index in [1.807, 2.05) is 0 Å². The highest BCUT2D eigenvalue weighted by Crippen LogP contribution is 1.96. The fourth-order valence-electron chi connectivity index (χ4n) is 0.298. The summed E-state index contributed by atoms with van der Waals surface area (Å²) in [4.78, 5) is 9.54. The number of hydrogen-bond donors (Lipinski definition) is 0. The van der Waals surface area contributed by atoms with E-state index in [0.29, 0.717) is 12.8 Å². The Morgan fingerprint density at radius 3 is 2.57 bits per heavy atom. The number of alkyl halides is 1. The lowest BCUT2D eigenvalue weighted by Gasteiger charge is -1.91. The molecule has 7 heavy (non-hydrogen) atoms. The highest BCUT2D eigenvalue weighted by atomic mass is 19.1. The van der Waals surface area contributed by atoms with Gasteiger partial charge in [0.1, 0.15) is 6.29 Å². The summed E-state index contributed by atoms with van der Waals surface area (Å²) in [5.74, 6) is 0. The average Bonchev–Trinajstić information content (AvgIpc) is 1.61. The standard InChI is InChI=1S/C5H9FO/c1-5(6)3-2-4-7/h4-5H,2-3H2,1H3. The lowest BCUT2D eigenvalue weighted by Crippen LogP contribution is -1.90. The zero-order valence-corrected chi connectivity index (χ0v) is 4.36. The van der Waals surface area contributed by atoms with Crippen LogP contribution in [0.15, 0.2) is 0 Å². The maximum absolute atomic E-state index is 11.7. The molecule has 1 unspecified atom stereocenters. The zero-order chi connectivity index (χ0) is 5.70. The molecule has 2 heteroatoms. The van der Waals surface area contributed by atoms with Gasteiger partial charge < -0.3 is 4.79 Å². The molecule has 0 aliphatic heterocycles. The van der Waals surface area contributed by atoms with Crippen molar-refractivity contribution in [3.05, 3.63) is 0 Å². The Hall–Kier alpha value is -0.400. The van der Waals surface area contributed by atoms with Crippen LogP contribution in [0.5, 0.6) is 0 Å². The molecule has 0 N–H and O–H groups in total. The molecule has 1 atom stereocenters. The van der Waals surface area contributed by atoms with Gasteiger partial charge in [-0.15, -0.1) is 0 Å². The highest BCUT2D eigenvalue weighted by molar-refractivity contribution is 5.49. The van der Waals surface area contributed by atoms with Gasteiger partial charge in [0.25, 0.3) is 0 Å². The first-order valence-corrected chi connectivity index (χ1v) is 2.35. The van der Waals surface area contributed by atoms with Crippen molar-refractivity contribution in [2.24, 2.45) is 0 Å². The number of carbonyl (C=O) groups is 1. The SMILES string of the molecule is CC(F)CCC=O. The number of halogens is 1. The van der Waals surface area contributed by atoms with Gasteiger partial charge in [0, 0.05) is 6.42 Å². The third-order valence-corrected chi connectivity index (χ3v) is 0.682. The van der Waals surface area contributed by atoms with Crippen molar-refractivity contribution in [1.82, 2.24) is 0 Å². The van der Waals surface area contributed by atoms with E-state index >= 15 is 0 Å². The van der Waals surface area contributed by atoms with Crippen molar-refractivity contribution in [1.29, 1.82) is 0 Å². The maximum atomic E-state index is 11.7. The van der Waals surface area contributed by atoms with Crippen LogP contribution in [0.1, 0.15) is 19.8 Å². The molecule has 0 aromatic carbocycles. The van der Waals surface area contributed by atoms with Gasteiger partial charge in [0.05, 0.1) is 6.17 Å². The molecule has 0 aliphatic rings. The van der Waals surface area contributed by atoms with Crippen molar-refractivity contribution in [3.63, 3.8) is 0 Å². The van der Waals surface area contributed by atoms with E-state index in [2.05, 4.69) is 0 Å². The van der Waals surface area contributed by atoms with Crippen LogP contribution in [0.25, 0.3) is 0 Å². The number of carbonyl (C=O) groups excluding carboxylic acids is 1. The summed E-state index contributed by atoms with van der Waals surface area (Å²) in [6.45, 7) is 1.45. The summed E-state index contributed by atoms with van der Waals surface area (Å²) < 4.78 is 11.7. The molecule has 42 valence electrons. The summed E-state index contributed by atoms with van der Waals surface area (Å²) in [6, 6.07) is 0. The Morgan fingerprint density at radius 1 is 1.86 bits per heavy atom. The second-order valence-corrected chi connectivity index (χ2v) is 1.52. The van der Waals surface area contributed by atoms with Crippen molar-refractivity contribution in [2.45, 2.75) is 25.9 Å². The van der Waals surface area contributed by atoms with Gasteiger partial charge >= 0.3 is 0 Å². The van der Waals surface area contributed by atoms with Gasteiger partial charge in [-0.1, -0.05) is 0 Å². The average molecular weight is 104 g/mol. The first-order valence-electron chi connectivity index (χ1n) is 2.35. The quantitative estimate of drug-likeness (QED) is 0.493. The van der Waals surface area contributed by atoms with E-state index in [1.54, 1.807) is 0 Å². The van der Waals surface area contributed by atoms with Gasteiger partial charge in [-0.25, -0.2) is 4.39 Å². The fraction of sp³-hybridized carbons (Fsp3) is 0.800. The van der Waals surface area contributed by atoms with Crippen molar-refractivity contribution >= 4 is 6.29 Å². The Balaban J connectivity index is 2.81. The van der Waals surface area contributed by atoms with Crippen LogP contribution in [0, 0.1) is 0 Å². The molecular weight excluding hydrogens is 95.1 g/mol. The number of rotatable bonds is 3. The number of aldehydes is 1. The Bertz CT molecular complexity index is 52.0. The van der Waals surface area contributed by atoms with Crippen LogP contribution >= 0.6 is 0 Å². The molecule has 0 spiro atoms. The molecule has 0 saturated carbocycles. The van der Waals surface area contributed by atoms with Crippen LogP contribution in [-0.4, -0.2) is 12.5 Å². The van der Waals surface area contributed by atoms with E-state index in [9.17, 15) is 9.18 Å². The highest BCUT2D eigenvalue weighted by Gasteiger charge is 1.93. The first kappa shape index (κ1) is 6.60. The maximum Gasteiger partial charge on any atom is 0.120 e. The van der Waals surface area contributed by atoms with E-state index in [0.717, 1.165) is 6.29 Å². The van der Waals surface area contributed by atoms with Crippen LogP contribution in [0.2, 0.25) is 0 Å². The molecule has 0 amide bonds. The Kier molecular flexibility index (Phi) is 3.56. The van der Waals surface area contributed by atoms with Gasteiger partial charge in [-0.05, 0) is 13.3 Å². The topological polar surface area (TPSA) is 17.1 Å². The molecule has 0 saturated heterocycles. The molecule has 0 bridgehead atoms. The minimum atomic E-state index is -0.829. The fourth-order valence-corrected chi connectivity index (χ4v) is 0.298. The monoisotopic (exact) mass is 104 g/mol. The van der Waals surface area contributed by atoms with Crippen molar-refractivity contribution < 1.29 is 9.18 Å². The summed E-state index contributed by atoms with van der Waals surface area (Å²) in [7, 11) is 0. The molecule has 0 heterocycles. The summed E-state index contributed by atoms with van der Waals surface area (Å²) >= 11 is 0. The van der Waals surface area contributed by atoms with Gasteiger partial charge in [-0.3, -0.25) is 0 Å². The lowest BCUT2D eigenvalue weighted by molar-refractivity contribution is -0.108. The van der Waals surface area contributed by atoms with Gasteiger partial charge in [-0.2, -0.15) is 0 Å². The molecular formula is C5H9FO. The van der Waals surface area contributed by atoms with E-state index < -0.39 is 6.17 Å².